The summed E-state index contributed by atoms with van der Waals surface area (Å²) in [6, 6.07) is -0.637. The van der Waals surface area contributed by atoms with E-state index in [0.717, 1.165) is 64.2 Å². The molecular formula is C59H109NO5. The van der Waals surface area contributed by atoms with Gasteiger partial charge in [-0.1, -0.05) is 236 Å². The van der Waals surface area contributed by atoms with Gasteiger partial charge in [-0.2, -0.15) is 0 Å². The van der Waals surface area contributed by atoms with Crippen LogP contribution in [0.1, 0.15) is 290 Å². The smallest absolute Gasteiger partial charge is 0.305 e. The van der Waals surface area contributed by atoms with Gasteiger partial charge in [0.25, 0.3) is 0 Å². The van der Waals surface area contributed by atoms with E-state index in [1.54, 1.807) is 6.08 Å². The zero-order chi connectivity index (χ0) is 47.2. The van der Waals surface area contributed by atoms with Crippen LogP contribution in [0.5, 0.6) is 0 Å². The number of rotatable bonds is 52. The first-order valence-electron chi connectivity index (χ1n) is 28.4. The Morgan fingerprint density at radius 1 is 0.431 bits per heavy atom. The minimum absolute atomic E-state index is 0.0111. The lowest BCUT2D eigenvalue weighted by Crippen LogP contribution is -2.45. The molecule has 0 rings (SSSR count). The highest BCUT2D eigenvalue weighted by Crippen LogP contribution is 2.15. The molecule has 0 aliphatic heterocycles. The van der Waals surface area contributed by atoms with E-state index in [1.807, 2.05) is 6.08 Å². The third kappa shape index (κ3) is 51.1. The van der Waals surface area contributed by atoms with Crippen LogP contribution < -0.4 is 5.32 Å². The highest BCUT2D eigenvalue weighted by molar-refractivity contribution is 5.76. The number of amides is 1. The number of aliphatic hydroxyl groups excluding tert-OH is 2. The number of ether oxygens (including phenoxy) is 1. The van der Waals surface area contributed by atoms with Crippen LogP contribution in [-0.2, 0) is 14.3 Å². The van der Waals surface area contributed by atoms with E-state index in [4.69, 9.17) is 4.74 Å². The van der Waals surface area contributed by atoms with Crippen molar-refractivity contribution in [3.05, 3.63) is 48.6 Å². The van der Waals surface area contributed by atoms with Crippen molar-refractivity contribution >= 4 is 11.9 Å². The second kappa shape index (κ2) is 54.4. The Bertz CT molecular complexity index is 1100. The Balaban J connectivity index is 3.48. The number of carbonyl (C=O) groups excluding carboxylic acids is 2. The van der Waals surface area contributed by atoms with Crippen molar-refractivity contribution in [2.75, 3.05) is 13.2 Å². The summed E-state index contributed by atoms with van der Waals surface area (Å²) in [4.78, 5) is 24.5. The number of esters is 1. The Hall–Kier alpha value is -2.18. The van der Waals surface area contributed by atoms with Gasteiger partial charge in [-0.15, -0.1) is 0 Å². The maximum absolute atomic E-state index is 12.4. The third-order valence-corrected chi connectivity index (χ3v) is 12.8. The first-order chi connectivity index (χ1) is 32.0. The molecule has 0 bridgehead atoms. The average Bonchev–Trinajstić information content (AvgIpc) is 3.31. The Morgan fingerprint density at radius 3 is 1.22 bits per heavy atom. The molecule has 6 heteroatoms. The second-order valence-electron chi connectivity index (χ2n) is 19.3. The van der Waals surface area contributed by atoms with E-state index < -0.39 is 12.1 Å². The number of hydrogen-bond donors (Lipinski definition) is 3. The summed E-state index contributed by atoms with van der Waals surface area (Å²) in [6.07, 6.45) is 68.4. The number of allylic oxidation sites excluding steroid dienone is 7. The lowest BCUT2D eigenvalue weighted by Gasteiger charge is -2.20. The van der Waals surface area contributed by atoms with Gasteiger partial charge in [0.15, 0.2) is 0 Å². The summed E-state index contributed by atoms with van der Waals surface area (Å²) in [6.45, 7) is 4.85. The predicted molar refractivity (Wildman–Crippen MR) is 282 cm³/mol. The molecule has 0 saturated carbocycles. The second-order valence-corrected chi connectivity index (χ2v) is 19.3. The zero-order valence-electron chi connectivity index (χ0n) is 43.2. The number of nitrogens with one attached hydrogen (secondary N) is 1. The van der Waals surface area contributed by atoms with Gasteiger partial charge >= 0.3 is 5.97 Å². The molecular weight excluding hydrogens is 803 g/mol. The van der Waals surface area contributed by atoms with E-state index in [0.29, 0.717) is 19.4 Å². The summed E-state index contributed by atoms with van der Waals surface area (Å²) < 4.78 is 5.47. The molecule has 0 aliphatic rings. The summed E-state index contributed by atoms with van der Waals surface area (Å²) in [5.41, 5.74) is 0. The highest BCUT2D eigenvalue weighted by atomic mass is 16.5. The molecule has 0 aliphatic carbocycles. The molecule has 65 heavy (non-hydrogen) atoms. The minimum atomic E-state index is -0.853. The van der Waals surface area contributed by atoms with Gasteiger partial charge in [0, 0.05) is 12.8 Å². The maximum Gasteiger partial charge on any atom is 0.305 e. The molecule has 0 aromatic rings. The molecule has 380 valence electrons. The van der Waals surface area contributed by atoms with Crippen molar-refractivity contribution in [1.29, 1.82) is 0 Å². The molecule has 3 N–H and O–H groups in total. The van der Waals surface area contributed by atoms with E-state index in [-0.39, 0.29) is 18.5 Å². The fourth-order valence-electron chi connectivity index (χ4n) is 8.42. The van der Waals surface area contributed by atoms with Crippen molar-refractivity contribution in [2.45, 2.75) is 302 Å². The van der Waals surface area contributed by atoms with Crippen LogP contribution in [0.15, 0.2) is 48.6 Å². The van der Waals surface area contributed by atoms with Crippen LogP contribution in [0.3, 0.4) is 0 Å². The van der Waals surface area contributed by atoms with E-state index in [2.05, 4.69) is 55.6 Å². The van der Waals surface area contributed by atoms with Crippen LogP contribution in [0.25, 0.3) is 0 Å². The quantitative estimate of drug-likeness (QED) is 0.0321. The Kier molecular flexibility index (Phi) is 52.6. The van der Waals surface area contributed by atoms with Gasteiger partial charge in [-0.05, 0) is 89.9 Å². The lowest BCUT2D eigenvalue weighted by atomic mass is 10.0. The molecule has 1 amide bonds. The van der Waals surface area contributed by atoms with Crippen LogP contribution >= 0.6 is 0 Å². The van der Waals surface area contributed by atoms with Gasteiger partial charge in [0.2, 0.25) is 5.91 Å². The molecule has 6 nitrogen and oxygen atoms in total. The van der Waals surface area contributed by atoms with Gasteiger partial charge in [-0.3, -0.25) is 9.59 Å². The van der Waals surface area contributed by atoms with E-state index in [1.165, 1.54) is 199 Å². The molecule has 0 saturated heterocycles. The van der Waals surface area contributed by atoms with Crippen LogP contribution in [0.4, 0.5) is 0 Å². The van der Waals surface area contributed by atoms with E-state index >= 15 is 0 Å². The van der Waals surface area contributed by atoms with Gasteiger partial charge < -0.3 is 20.3 Å². The largest absolute Gasteiger partial charge is 0.466 e. The standard InChI is InChI=1S/C59H109NO5/c1-3-5-7-9-11-13-15-17-19-21-25-29-33-37-41-45-49-53-59(64)65-54-50-46-42-38-34-30-26-23-20-22-24-28-32-36-40-44-48-52-58(63)60-56(55-61)57(62)51-47-43-39-35-31-27-18-16-14-12-10-8-6-4-2/h11,13,17,19-20,23,47,51,56-57,61-62H,3-10,12,14-16,18,21-22,24-46,48-50,52-55H2,1-2H3,(H,60,63)/b13-11-,19-17-,23-20-,51-47+. The minimum Gasteiger partial charge on any atom is -0.466 e. The van der Waals surface area contributed by atoms with E-state index in [9.17, 15) is 19.8 Å². The van der Waals surface area contributed by atoms with Crippen LogP contribution in [0, 0.1) is 0 Å². The normalized spacial score (nSPS) is 13.0. The molecule has 0 aromatic carbocycles. The fourth-order valence-corrected chi connectivity index (χ4v) is 8.42. The number of hydrogen-bond acceptors (Lipinski definition) is 5. The average molecular weight is 913 g/mol. The summed E-state index contributed by atoms with van der Waals surface area (Å²) in [5, 5.41) is 23.1. The zero-order valence-corrected chi connectivity index (χ0v) is 43.2. The van der Waals surface area contributed by atoms with Crippen molar-refractivity contribution in [2.24, 2.45) is 0 Å². The van der Waals surface area contributed by atoms with Crippen LogP contribution in [0.2, 0.25) is 0 Å². The highest BCUT2D eigenvalue weighted by Gasteiger charge is 2.18. The Morgan fingerprint density at radius 2 is 0.769 bits per heavy atom. The summed E-state index contributed by atoms with van der Waals surface area (Å²) >= 11 is 0. The molecule has 2 unspecified atom stereocenters. The lowest BCUT2D eigenvalue weighted by molar-refractivity contribution is -0.143. The Labute approximate surface area is 404 Å². The summed E-state index contributed by atoms with van der Waals surface area (Å²) in [5.74, 6) is -0.0920. The first-order valence-corrected chi connectivity index (χ1v) is 28.4. The molecule has 0 aromatic heterocycles. The van der Waals surface area contributed by atoms with Gasteiger partial charge in [0.1, 0.15) is 0 Å². The predicted octanol–water partition coefficient (Wildman–Crippen LogP) is 17.4. The number of aliphatic hydroxyl groups is 2. The van der Waals surface area contributed by atoms with Crippen molar-refractivity contribution in [3.63, 3.8) is 0 Å². The molecule has 0 heterocycles. The molecule has 0 radical (unpaired) electrons. The third-order valence-electron chi connectivity index (χ3n) is 12.8. The summed E-state index contributed by atoms with van der Waals surface area (Å²) in [7, 11) is 0. The van der Waals surface area contributed by atoms with Gasteiger partial charge in [0.05, 0.1) is 25.4 Å². The monoisotopic (exact) mass is 912 g/mol. The first kappa shape index (κ1) is 62.8. The fraction of sp³-hybridized carbons (Fsp3) is 0.831. The number of carbonyl (C=O) groups is 2. The SMILES string of the molecule is CCCCC/C=C\C/C=C\CCCCCCCCCC(=O)OCCCCCCCC/C=C\CCCCCCCCCC(=O)NC(CO)C(O)/C=C/CCCCCCCCCCCCCC. The topological polar surface area (TPSA) is 95.9 Å². The molecule has 2 atom stereocenters. The maximum atomic E-state index is 12.4. The van der Waals surface area contributed by atoms with Crippen molar-refractivity contribution in [3.8, 4) is 0 Å². The van der Waals surface area contributed by atoms with Gasteiger partial charge in [-0.25, -0.2) is 0 Å². The molecule has 0 fully saturated rings. The number of unbranched alkanes of at least 4 members (excludes halogenated alkanes) is 35. The van der Waals surface area contributed by atoms with Crippen molar-refractivity contribution in [1.82, 2.24) is 5.32 Å². The molecule has 0 spiro atoms. The van der Waals surface area contributed by atoms with Crippen LogP contribution in [-0.4, -0.2) is 47.4 Å². The van der Waals surface area contributed by atoms with Crippen molar-refractivity contribution < 1.29 is 24.5 Å².